The van der Waals surface area contributed by atoms with Gasteiger partial charge >= 0.3 is 0 Å². The summed E-state index contributed by atoms with van der Waals surface area (Å²) in [5, 5.41) is 13.2. The van der Waals surface area contributed by atoms with Gasteiger partial charge in [0.25, 0.3) is 5.91 Å². The van der Waals surface area contributed by atoms with Crippen molar-refractivity contribution < 1.29 is 9.18 Å². The van der Waals surface area contributed by atoms with Crippen LogP contribution in [0.25, 0.3) is 21.5 Å². The Morgan fingerprint density at radius 3 is 2.70 bits per heavy atom. The van der Waals surface area contributed by atoms with Crippen LogP contribution < -0.4 is 5.32 Å². The monoisotopic (exact) mass is 386 g/mol. The van der Waals surface area contributed by atoms with E-state index in [1.54, 1.807) is 18.5 Å². The number of hydrogen-bond donors (Lipinski definition) is 1. The number of nitrogens with one attached hydrogen (secondary N) is 1. The molecule has 1 aliphatic heterocycles. The van der Waals surface area contributed by atoms with E-state index in [9.17, 15) is 9.18 Å². The number of halogens is 1. The van der Waals surface area contributed by atoms with Gasteiger partial charge in [0.05, 0.1) is 11.7 Å². The molecule has 0 radical (unpaired) electrons. The van der Waals surface area contributed by atoms with Gasteiger partial charge in [-0.3, -0.25) is 9.78 Å². The predicted octanol–water partition coefficient (Wildman–Crippen LogP) is 2.83. The molecular weight excluding hydrogens is 367 g/mol. The lowest BCUT2D eigenvalue weighted by Crippen LogP contribution is -2.47. The molecule has 1 saturated heterocycles. The molecule has 1 aliphatic rings. The van der Waals surface area contributed by atoms with E-state index >= 15 is 0 Å². The summed E-state index contributed by atoms with van der Waals surface area (Å²) in [4.78, 5) is 23.0. The molecule has 1 N–H and O–H groups in total. The summed E-state index contributed by atoms with van der Waals surface area (Å²) >= 11 is 1.48. The molecule has 4 heterocycles. The Bertz CT molecular complexity index is 998. The van der Waals surface area contributed by atoms with Crippen LogP contribution in [0.15, 0.2) is 24.5 Å². The van der Waals surface area contributed by atoms with E-state index in [0.717, 1.165) is 21.0 Å². The van der Waals surface area contributed by atoms with Crippen LogP contribution in [-0.2, 0) is 4.79 Å². The third-order valence-corrected chi connectivity index (χ3v) is 5.66. The molecule has 140 valence electrons. The Labute approximate surface area is 159 Å². The number of amides is 1. The van der Waals surface area contributed by atoms with Gasteiger partial charge in [0.2, 0.25) is 0 Å². The van der Waals surface area contributed by atoms with Crippen LogP contribution in [0.4, 0.5) is 10.2 Å². The minimum atomic E-state index is -1.85. The number of rotatable bonds is 3. The van der Waals surface area contributed by atoms with Gasteiger partial charge in [0.1, 0.15) is 15.8 Å². The summed E-state index contributed by atoms with van der Waals surface area (Å²) in [5.41, 5.74) is -0.325. The van der Waals surface area contributed by atoms with Crippen molar-refractivity contribution in [1.82, 2.24) is 25.1 Å². The first kappa shape index (κ1) is 17.9. The smallest absolute Gasteiger partial charge is 0.263 e. The number of carbonyl (C=O) groups is 1. The van der Waals surface area contributed by atoms with Gasteiger partial charge < -0.3 is 10.2 Å². The standard InChI is InChI=1S/C18H19FN6OS/c1-11-23-24-16(27-11)13-7-12-8-15(21-10-14(12)20-9-13)22-17(26)18(19)3-5-25(2)6-4-18/h7-10H,3-6H2,1-2H3,(H,21,22,26). The topological polar surface area (TPSA) is 83.9 Å². The normalized spacial score (nSPS) is 17.1. The van der Waals surface area contributed by atoms with Crippen molar-refractivity contribution in [2.75, 3.05) is 25.5 Å². The van der Waals surface area contributed by atoms with Gasteiger partial charge in [-0.15, -0.1) is 10.2 Å². The lowest BCUT2D eigenvalue weighted by Gasteiger charge is -2.33. The molecule has 1 amide bonds. The van der Waals surface area contributed by atoms with Gasteiger partial charge in [-0.05, 0) is 26.1 Å². The minimum Gasteiger partial charge on any atom is -0.308 e. The molecule has 0 saturated carbocycles. The summed E-state index contributed by atoms with van der Waals surface area (Å²) in [6, 6.07) is 3.62. The average Bonchev–Trinajstić information content (AvgIpc) is 3.10. The molecule has 27 heavy (non-hydrogen) atoms. The number of hydrogen-bond acceptors (Lipinski definition) is 7. The molecule has 4 rings (SSSR count). The van der Waals surface area contributed by atoms with Gasteiger partial charge in [-0.2, -0.15) is 0 Å². The number of nitrogens with zero attached hydrogens (tertiary/aromatic N) is 5. The van der Waals surface area contributed by atoms with E-state index in [1.807, 2.05) is 24.9 Å². The molecule has 1 fully saturated rings. The zero-order valence-electron chi connectivity index (χ0n) is 15.1. The van der Waals surface area contributed by atoms with Crippen molar-refractivity contribution in [3.8, 4) is 10.6 Å². The maximum absolute atomic E-state index is 14.9. The maximum Gasteiger partial charge on any atom is 0.263 e. The summed E-state index contributed by atoms with van der Waals surface area (Å²) in [6.07, 6.45) is 3.66. The van der Waals surface area contributed by atoms with Crippen molar-refractivity contribution in [3.05, 3.63) is 29.5 Å². The van der Waals surface area contributed by atoms with E-state index < -0.39 is 11.6 Å². The second-order valence-corrected chi connectivity index (χ2v) is 8.02. The fraction of sp³-hybridized carbons (Fsp3) is 0.389. The molecule has 9 heteroatoms. The highest BCUT2D eigenvalue weighted by Gasteiger charge is 2.41. The number of carbonyl (C=O) groups excluding carboxylic acids is 1. The van der Waals surface area contributed by atoms with Crippen LogP contribution in [0.1, 0.15) is 17.8 Å². The number of fused-ring (bicyclic) bond motifs is 1. The van der Waals surface area contributed by atoms with Crippen molar-refractivity contribution in [2.45, 2.75) is 25.4 Å². The molecule has 7 nitrogen and oxygen atoms in total. The summed E-state index contributed by atoms with van der Waals surface area (Å²) in [7, 11) is 1.92. The third kappa shape index (κ3) is 3.65. The van der Waals surface area contributed by atoms with Gasteiger partial charge in [-0.1, -0.05) is 11.3 Å². The first-order valence-electron chi connectivity index (χ1n) is 8.68. The number of aromatic nitrogens is 4. The zero-order valence-corrected chi connectivity index (χ0v) is 15.9. The maximum atomic E-state index is 14.9. The number of pyridine rings is 2. The number of likely N-dealkylation sites (tertiary alicyclic amines) is 1. The minimum absolute atomic E-state index is 0.186. The van der Waals surface area contributed by atoms with Crippen LogP contribution in [0.5, 0.6) is 0 Å². The van der Waals surface area contributed by atoms with Gasteiger partial charge in [0.15, 0.2) is 5.67 Å². The van der Waals surface area contributed by atoms with Gasteiger partial charge in [0, 0.05) is 43.1 Å². The molecule has 3 aromatic rings. The van der Waals surface area contributed by atoms with Crippen LogP contribution in [0, 0.1) is 6.92 Å². The molecule has 0 aliphatic carbocycles. The first-order chi connectivity index (χ1) is 12.9. The van der Waals surface area contributed by atoms with Crippen LogP contribution in [0.2, 0.25) is 0 Å². The first-order valence-corrected chi connectivity index (χ1v) is 9.50. The number of alkyl halides is 1. The second-order valence-electron chi connectivity index (χ2n) is 6.84. The van der Waals surface area contributed by atoms with Gasteiger partial charge in [-0.25, -0.2) is 9.37 Å². The quantitative estimate of drug-likeness (QED) is 0.745. The lowest BCUT2D eigenvalue weighted by atomic mass is 9.92. The van der Waals surface area contributed by atoms with E-state index in [4.69, 9.17) is 0 Å². The highest BCUT2D eigenvalue weighted by atomic mass is 32.1. The van der Waals surface area contributed by atoms with Crippen molar-refractivity contribution in [1.29, 1.82) is 0 Å². The number of aryl methyl sites for hydroxylation is 1. The van der Waals surface area contributed by atoms with E-state index in [-0.39, 0.29) is 12.8 Å². The van der Waals surface area contributed by atoms with Crippen LogP contribution >= 0.6 is 11.3 Å². The van der Waals surface area contributed by atoms with Crippen molar-refractivity contribution in [3.63, 3.8) is 0 Å². The Morgan fingerprint density at radius 2 is 2.00 bits per heavy atom. The second kappa shape index (κ2) is 6.90. The summed E-state index contributed by atoms with van der Waals surface area (Å²) in [6.45, 7) is 3.01. The van der Waals surface area contributed by atoms with E-state index in [1.165, 1.54) is 11.3 Å². The van der Waals surface area contributed by atoms with Crippen molar-refractivity contribution >= 4 is 34.0 Å². The number of anilines is 1. The molecule has 0 aromatic carbocycles. The predicted molar refractivity (Wildman–Crippen MR) is 102 cm³/mol. The fourth-order valence-corrected chi connectivity index (χ4v) is 3.73. The fourth-order valence-electron chi connectivity index (χ4n) is 3.06. The van der Waals surface area contributed by atoms with Crippen molar-refractivity contribution in [2.24, 2.45) is 0 Å². The Balaban J connectivity index is 1.58. The van der Waals surface area contributed by atoms with Crippen LogP contribution in [0.3, 0.4) is 0 Å². The molecule has 0 spiro atoms. The molecule has 3 aromatic heterocycles. The van der Waals surface area contributed by atoms with Crippen LogP contribution in [-0.4, -0.2) is 56.8 Å². The molecular formula is C18H19FN6OS. The SMILES string of the molecule is Cc1nnc(-c2cnc3cnc(NC(=O)C4(F)CCN(C)CC4)cc3c2)s1. The molecule has 0 bridgehead atoms. The number of piperidine rings is 1. The molecule has 0 atom stereocenters. The highest BCUT2D eigenvalue weighted by molar-refractivity contribution is 7.14. The van der Waals surface area contributed by atoms with E-state index in [0.29, 0.717) is 24.4 Å². The third-order valence-electron chi connectivity index (χ3n) is 4.77. The largest absolute Gasteiger partial charge is 0.308 e. The Hall–Kier alpha value is -2.52. The molecule has 0 unspecified atom stereocenters. The summed E-state index contributed by atoms with van der Waals surface area (Å²) < 4.78 is 14.9. The Kier molecular flexibility index (Phi) is 4.56. The highest BCUT2D eigenvalue weighted by Crippen LogP contribution is 2.29. The van der Waals surface area contributed by atoms with E-state index in [2.05, 4.69) is 25.5 Å². The summed E-state index contributed by atoms with van der Waals surface area (Å²) in [5.74, 6) is -0.317. The lowest BCUT2D eigenvalue weighted by molar-refractivity contribution is -0.130. The average molecular weight is 386 g/mol. The zero-order chi connectivity index (χ0) is 19.0. The Morgan fingerprint density at radius 1 is 1.22 bits per heavy atom.